The second-order valence-electron chi connectivity index (χ2n) is 7.54. The van der Waals surface area contributed by atoms with Crippen molar-refractivity contribution in [3.05, 3.63) is 71.0 Å². The summed E-state index contributed by atoms with van der Waals surface area (Å²) in [5, 5.41) is 11.8. The van der Waals surface area contributed by atoms with Crippen LogP contribution in [0.3, 0.4) is 0 Å². The highest BCUT2D eigenvalue weighted by Gasteiger charge is 2.27. The lowest BCUT2D eigenvalue weighted by atomic mass is 10.1. The molecule has 1 aliphatic heterocycles. The molecule has 1 fully saturated rings. The predicted molar refractivity (Wildman–Crippen MR) is 117 cm³/mol. The molecule has 0 radical (unpaired) electrons. The summed E-state index contributed by atoms with van der Waals surface area (Å²) in [6.45, 7) is 5.33. The van der Waals surface area contributed by atoms with Crippen molar-refractivity contribution < 1.29 is 4.79 Å². The van der Waals surface area contributed by atoms with Crippen molar-refractivity contribution >= 4 is 17.2 Å². The third kappa shape index (κ3) is 4.73. The molecular weight excluding hydrogens is 394 g/mol. The number of carbonyl (C=O) groups is 1. The Morgan fingerprint density at radius 1 is 1.27 bits per heavy atom. The lowest BCUT2D eigenvalue weighted by molar-refractivity contribution is -0.135. The first-order chi connectivity index (χ1) is 14.6. The van der Waals surface area contributed by atoms with Crippen molar-refractivity contribution in [3.8, 4) is 16.6 Å². The molecule has 1 aromatic carbocycles. The van der Waals surface area contributed by atoms with Gasteiger partial charge in [-0.1, -0.05) is 12.1 Å². The fraction of sp³-hybridized carbons (Fsp3) is 0.304. The van der Waals surface area contributed by atoms with Crippen molar-refractivity contribution in [2.24, 2.45) is 0 Å². The van der Waals surface area contributed by atoms with E-state index in [9.17, 15) is 4.79 Å². The van der Waals surface area contributed by atoms with E-state index in [4.69, 9.17) is 5.26 Å². The minimum Gasteiger partial charge on any atom is -0.337 e. The molecule has 0 N–H and O–H groups in total. The van der Waals surface area contributed by atoms with E-state index < -0.39 is 0 Å². The highest BCUT2D eigenvalue weighted by atomic mass is 32.1. The molecule has 3 heterocycles. The summed E-state index contributed by atoms with van der Waals surface area (Å²) in [5.41, 5.74) is 3.66. The quantitative estimate of drug-likeness (QED) is 0.637. The first-order valence-electron chi connectivity index (χ1n) is 9.98. The molecule has 7 heteroatoms. The smallest absolute Gasteiger partial charge is 0.228 e. The Hall–Kier alpha value is -3.08. The van der Waals surface area contributed by atoms with E-state index in [-0.39, 0.29) is 11.9 Å². The lowest BCUT2D eigenvalue weighted by Crippen LogP contribution is -2.54. The van der Waals surface area contributed by atoms with E-state index in [1.807, 2.05) is 46.7 Å². The van der Waals surface area contributed by atoms with Gasteiger partial charge in [-0.15, -0.1) is 11.3 Å². The van der Waals surface area contributed by atoms with Gasteiger partial charge in [0, 0.05) is 55.6 Å². The molecule has 1 aliphatic rings. The highest BCUT2D eigenvalue weighted by Crippen LogP contribution is 2.23. The molecule has 0 unspecified atom stereocenters. The number of thiazole rings is 1. The molecule has 1 amide bonds. The zero-order valence-electron chi connectivity index (χ0n) is 16.9. The molecule has 0 spiro atoms. The van der Waals surface area contributed by atoms with E-state index in [0.717, 1.165) is 42.4 Å². The van der Waals surface area contributed by atoms with E-state index in [1.165, 1.54) is 5.56 Å². The Morgan fingerprint density at radius 2 is 2.10 bits per heavy atom. The Kier molecular flexibility index (Phi) is 6.17. The zero-order chi connectivity index (χ0) is 20.9. The largest absolute Gasteiger partial charge is 0.337 e. The molecule has 2 aromatic heterocycles. The van der Waals surface area contributed by atoms with Crippen LogP contribution in [0.1, 0.15) is 23.7 Å². The monoisotopic (exact) mass is 417 g/mol. The van der Waals surface area contributed by atoms with Crippen LogP contribution in [0.4, 0.5) is 0 Å². The normalized spacial score (nSPS) is 16.9. The van der Waals surface area contributed by atoms with Crippen LogP contribution in [0.2, 0.25) is 0 Å². The topological polar surface area (TPSA) is 73.1 Å². The maximum Gasteiger partial charge on any atom is 0.228 e. The average Bonchev–Trinajstić information content (AvgIpc) is 3.23. The van der Waals surface area contributed by atoms with Crippen LogP contribution in [0.25, 0.3) is 10.6 Å². The molecule has 152 valence electrons. The summed E-state index contributed by atoms with van der Waals surface area (Å²) >= 11 is 1.55. The molecule has 30 heavy (non-hydrogen) atoms. The van der Waals surface area contributed by atoms with Gasteiger partial charge in [0.1, 0.15) is 5.01 Å². The van der Waals surface area contributed by atoms with Crippen molar-refractivity contribution in [1.82, 2.24) is 19.8 Å². The maximum absolute atomic E-state index is 12.9. The number of nitrogens with zero attached hydrogens (tertiary/aromatic N) is 5. The molecule has 0 saturated carbocycles. The number of carbonyl (C=O) groups excluding carboxylic acids is 1. The van der Waals surface area contributed by atoms with Crippen molar-refractivity contribution in [3.63, 3.8) is 0 Å². The lowest BCUT2D eigenvalue weighted by Gasteiger charge is -2.40. The minimum atomic E-state index is 0.128. The summed E-state index contributed by atoms with van der Waals surface area (Å²) < 4.78 is 0. The number of benzene rings is 1. The third-order valence-electron chi connectivity index (χ3n) is 5.31. The molecule has 1 saturated heterocycles. The van der Waals surface area contributed by atoms with Crippen LogP contribution < -0.4 is 0 Å². The number of hydrogen-bond donors (Lipinski definition) is 0. The van der Waals surface area contributed by atoms with Crippen LogP contribution in [-0.4, -0.2) is 51.4 Å². The summed E-state index contributed by atoms with van der Waals surface area (Å²) in [6, 6.07) is 13.9. The van der Waals surface area contributed by atoms with Gasteiger partial charge in [-0.2, -0.15) is 5.26 Å². The second kappa shape index (κ2) is 9.16. The molecule has 0 aliphatic carbocycles. The third-order valence-corrected chi connectivity index (χ3v) is 6.25. The van der Waals surface area contributed by atoms with Crippen LogP contribution in [0.5, 0.6) is 0 Å². The number of pyridine rings is 1. The van der Waals surface area contributed by atoms with Gasteiger partial charge >= 0.3 is 0 Å². The SMILES string of the molecule is C[C@H]1CN(Cc2ccc(C#N)cc2)CCN1C(=O)Cc1csc(-c2cccnc2)n1. The highest BCUT2D eigenvalue weighted by molar-refractivity contribution is 7.13. The van der Waals surface area contributed by atoms with Gasteiger partial charge in [0.25, 0.3) is 0 Å². The number of aromatic nitrogens is 2. The number of piperazine rings is 1. The summed E-state index contributed by atoms with van der Waals surface area (Å²) in [4.78, 5) is 26.0. The van der Waals surface area contributed by atoms with Gasteiger partial charge < -0.3 is 4.90 Å². The van der Waals surface area contributed by atoms with Gasteiger partial charge in [0.2, 0.25) is 5.91 Å². The van der Waals surface area contributed by atoms with Gasteiger partial charge in [0.05, 0.1) is 23.7 Å². The first-order valence-corrected chi connectivity index (χ1v) is 10.9. The predicted octanol–water partition coefficient (Wildman–Crippen LogP) is 3.35. The number of hydrogen-bond acceptors (Lipinski definition) is 6. The first kappa shape index (κ1) is 20.2. The Morgan fingerprint density at radius 3 is 2.80 bits per heavy atom. The average molecular weight is 418 g/mol. The fourth-order valence-electron chi connectivity index (χ4n) is 3.76. The number of nitriles is 1. The zero-order valence-corrected chi connectivity index (χ0v) is 17.7. The molecule has 0 bridgehead atoms. The van der Waals surface area contributed by atoms with Crippen molar-refractivity contribution in [2.75, 3.05) is 19.6 Å². The van der Waals surface area contributed by atoms with Crippen LogP contribution in [-0.2, 0) is 17.8 Å². The van der Waals surface area contributed by atoms with E-state index in [1.54, 1.807) is 23.7 Å². The molecule has 4 rings (SSSR count). The summed E-state index contributed by atoms with van der Waals surface area (Å²) in [7, 11) is 0. The molecule has 1 atom stereocenters. The summed E-state index contributed by atoms with van der Waals surface area (Å²) in [6.07, 6.45) is 3.86. The standard InChI is InChI=1S/C23H23N5OS/c1-17-14-27(15-19-6-4-18(12-24)5-7-19)9-10-28(17)22(29)11-21-16-30-23(26-21)20-3-2-8-25-13-20/h2-8,13,16-17H,9-11,14-15H2,1H3/t17-/m0/s1. The maximum atomic E-state index is 12.9. The number of amides is 1. The second-order valence-corrected chi connectivity index (χ2v) is 8.40. The van der Waals surface area contributed by atoms with Gasteiger partial charge in [0.15, 0.2) is 0 Å². The van der Waals surface area contributed by atoms with Crippen molar-refractivity contribution in [2.45, 2.75) is 25.9 Å². The Labute approximate surface area is 180 Å². The van der Waals surface area contributed by atoms with Gasteiger partial charge in [-0.05, 0) is 36.8 Å². The van der Waals surface area contributed by atoms with Crippen LogP contribution >= 0.6 is 11.3 Å². The van der Waals surface area contributed by atoms with E-state index in [2.05, 4.69) is 27.9 Å². The van der Waals surface area contributed by atoms with E-state index >= 15 is 0 Å². The van der Waals surface area contributed by atoms with Crippen LogP contribution in [0.15, 0.2) is 54.2 Å². The molecule has 6 nitrogen and oxygen atoms in total. The van der Waals surface area contributed by atoms with Crippen molar-refractivity contribution in [1.29, 1.82) is 5.26 Å². The fourth-order valence-corrected chi connectivity index (χ4v) is 4.57. The van der Waals surface area contributed by atoms with E-state index in [0.29, 0.717) is 12.0 Å². The summed E-state index contributed by atoms with van der Waals surface area (Å²) in [5.74, 6) is 0.128. The molecular formula is C23H23N5OS. The Bertz CT molecular complexity index is 1040. The number of rotatable bonds is 5. The van der Waals surface area contributed by atoms with Gasteiger partial charge in [-0.25, -0.2) is 4.98 Å². The Balaban J connectivity index is 1.32. The van der Waals surface area contributed by atoms with Crippen LogP contribution in [0, 0.1) is 11.3 Å². The minimum absolute atomic E-state index is 0.128. The molecule has 3 aromatic rings. The van der Waals surface area contributed by atoms with Gasteiger partial charge in [-0.3, -0.25) is 14.7 Å².